The van der Waals surface area contributed by atoms with Crippen LogP contribution < -0.4 is 10.3 Å². The van der Waals surface area contributed by atoms with Gasteiger partial charge in [0.25, 0.3) is 5.56 Å². The number of fused-ring (bicyclic) bond motifs is 1. The zero-order chi connectivity index (χ0) is 20.5. The number of hydrogen-bond donors (Lipinski definition) is 0. The molecule has 2 aromatic heterocycles. The lowest BCUT2D eigenvalue weighted by atomic mass is 10.2. The van der Waals surface area contributed by atoms with Crippen molar-refractivity contribution >= 4 is 34.3 Å². The van der Waals surface area contributed by atoms with E-state index in [0.717, 1.165) is 11.1 Å². The lowest BCUT2D eigenvalue weighted by Crippen LogP contribution is -2.22. The maximum atomic E-state index is 13.5. The second-order valence-corrected chi connectivity index (χ2v) is 8.06. The maximum absolute atomic E-state index is 13.5. The fourth-order valence-corrected chi connectivity index (χ4v) is 4.20. The largest absolute Gasteiger partial charge is 0.495 e. The molecule has 0 spiro atoms. The Bertz CT molecular complexity index is 1270. The van der Waals surface area contributed by atoms with Gasteiger partial charge >= 0.3 is 0 Å². The van der Waals surface area contributed by atoms with Gasteiger partial charge in [-0.05, 0) is 42.8 Å². The summed E-state index contributed by atoms with van der Waals surface area (Å²) in [5.74, 6) is 1.23. The Morgan fingerprint density at radius 2 is 2.03 bits per heavy atom. The van der Waals surface area contributed by atoms with Crippen LogP contribution in [0.5, 0.6) is 5.75 Å². The second kappa shape index (κ2) is 7.93. The highest BCUT2D eigenvalue weighted by molar-refractivity contribution is 7.98. The summed E-state index contributed by atoms with van der Waals surface area (Å²) < 4.78 is 8.90. The standard InChI is InChI=1S/C21H19ClN4O2S/c1-13-4-7-19(28-3)18(8-13)26-20(27)16-6-5-15(22)9-17(16)24-21(26)29-12-14-10-23-25(2)11-14/h4-11H,12H2,1-3H3. The maximum Gasteiger partial charge on any atom is 0.266 e. The Morgan fingerprint density at radius 3 is 2.76 bits per heavy atom. The molecule has 0 amide bonds. The van der Waals surface area contributed by atoms with Gasteiger partial charge in [-0.1, -0.05) is 29.4 Å². The molecule has 0 aliphatic heterocycles. The van der Waals surface area contributed by atoms with Crippen LogP contribution in [0, 0.1) is 6.92 Å². The Kier molecular flexibility index (Phi) is 5.34. The van der Waals surface area contributed by atoms with Crippen molar-refractivity contribution in [1.82, 2.24) is 19.3 Å². The monoisotopic (exact) mass is 426 g/mol. The molecule has 6 nitrogen and oxygen atoms in total. The summed E-state index contributed by atoms with van der Waals surface area (Å²) in [7, 11) is 3.47. The van der Waals surface area contributed by atoms with Crippen molar-refractivity contribution in [3.8, 4) is 11.4 Å². The number of ether oxygens (including phenoxy) is 1. The zero-order valence-electron chi connectivity index (χ0n) is 16.2. The lowest BCUT2D eigenvalue weighted by molar-refractivity contribution is 0.411. The van der Waals surface area contributed by atoms with Gasteiger partial charge in [0.2, 0.25) is 0 Å². The zero-order valence-corrected chi connectivity index (χ0v) is 17.8. The molecule has 148 valence electrons. The van der Waals surface area contributed by atoms with Gasteiger partial charge in [-0.2, -0.15) is 5.10 Å². The third-order valence-corrected chi connectivity index (χ3v) is 5.75. The predicted molar refractivity (Wildman–Crippen MR) is 116 cm³/mol. The number of rotatable bonds is 5. The van der Waals surface area contributed by atoms with Crippen molar-refractivity contribution in [2.45, 2.75) is 17.8 Å². The minimum Gasteiger partial charge on any atom is -0.495 e. The number of halogens is 1. The number of benzene rings is 2. The van der Waals surface area contributed by atoms with Crippen molar-refractivity contribution in [2.75, 3.05) is 7.11 Å². The van der Waals surface area contributed by atoms with E-state index < -0.39 is 0 Å². The summed E-state index contributed by atoms with van der Waals surface area (Å²) in [4.78, 5) is 18.2. The number of thioether (sulfide) groups is 1. The predicted octanol–water partition coefficient (Wildman–Crippen LogP) is 4.38. The normalized spacial score (nSPS) is 11.2. The fraction of sp³-hybridized carbons (Fsp3) is 0.190. The molecular weight excluding hydrogens is 408 g/mol. The molecule has 0 radical (unpaired) electrons. The fourth-order valence-electron chi connectivity index (χ4n) is 3.12. The van der Waals surface area contributed by atoms with Gasteiger partial charge in [0.15, 0.2) is 5.16 Å². The van der Waals surface area contributed by atoms with Crippen LogP contribution in [0.1, 0.15) is 11.1 Å². The van der Waals surface area contributed by atoms with E-state index in [9.17, 15) is 4.79 Å². The van der Waals surface area contributed by atoms with Crippen LogP contribution in [0.4, 0.5) is 0 Å². The van der Waals surface area contributed by atoms with Gasteiger partial charge < -0.3 is 4.74 Å². The van der Waals surface area contributed by atoms with Crippen LogP contribution in [0.15, 0.2) is 58.7 Å². The summed E-state index contributed by atoms with van der Waals surface area (Å²) in [5, 5.41) is 5.82. The van der Waals surface area contributed by atoms with E-state index in [1.807, 2.05) is 38.4 Å². The first-order valence-electron chi connectivity index (χ1n) is 8.94. The molecule has 0 saturated carbocycles. The molecule has 0 fully saturated rings. The average molecular weight is 427 g/mol. The molecule has 0 saturated heterocycles. The van der Waals surface area contributed by atoms with Crippen LogP contribution >= 0.6 is 23.4 Å². The Morgan fingerprint density at radius 1 is 1.21 bits per heavy atom. The van der Waals surface area contributed by atoms with Gasteiger partial charge in [0.05, 0.1) is 29.9 Å². The van der Waals surface area contributed by atoms with E-state index in [1.54, 1.807) is 40.8 Å². The molecule has 0 N–H and O–H groups in total. The quantitative estimate of drug-likeness (QED) is 0.350. The summed E-state index contributed by atoms with van der Waals surface area (Å²) in [5.41, 5.74) is 3.13. The highest BCUT2D eigenvalue weighted by atomic mass is 35.5. The van der Waals surface area contributed by atoms with E-state index in [4.69, 9.17) is 21.3 Å². The molecule has 2 aromatic carbocycles. The minimum absolute atomic E-state index is 0.163. The summed E-state index contributed by atoms with van der Waals surface area (Å²) >= 11 is 7.61. The van der Waals surface area contributed by atoms with Gasteiger partial charge in [-0.3, -0.25) is 14.0 Å². The van der Waals surface area contributed by atoms with Crippen LogP contribution in [0.25, 0.3) is 16.6 Å². The lowest BCUT2D eigenvalue weighted by Gasteiger charge is -2.16. The smallest absolute Gasteiger partial charge is 0.266 e. The molecule has 8 heteroatoms. The number of aromatic nitrogens is 4. The number of aryl methyl sites for hydroxylation is 2. The summed E-state index contributed by atoms with van der Waals surface area (Å²) in [6.07, 6.45) is 3.75. The molecular formula is C21H19ClN4O2S. The first kappa shape index (κ1) is 19.5. The highest BCUT2D eigenvalue weighted by Gasteiger charge is 2.17. The van der Waals surface area contributed by atoms with Crippen LogP contribution in [-0.2, 0) is 12.8 Å². The summed E-state index contributed by atoms with van der Waals surface area (Å²) in [6, 6.07) is 10.9. The van der Waals surface area contributed by atoms with Crippen molar-refractivity contribution in [3.05, 3.63) is 75.3 Å². The molecule has 0 atom stereocenters. The molecule has 0 aliphatic carbocycles. The highest BCUT2D eigenvalue weighted by Crippen LogP contribution is 2.30. The number of methoxy groups -OCH3 is 1. The van der Waals surface area contributed by atoms with E-state index in [1.165, 1.54) is 11.8 Å². The first-order chi connectivity index (χ1) is 14.0. The molecule has 0 unspecified atom stereocenters. The molecule has 0 bridgehead atoms. The molecule has 4 aromatic rings. The van der Waals surface area contributed by atoms with Gasteiger partial charge in [0.1, 0.15) is 5.75 Å². The molecule has 29 heavy (non-hydrogen) atoms. The van der Waals surface area contributed by atoms with Crippen LogP contribution in [0.2, 0.25) is 5.02 Å². The Hall–Kier alpha value is -2.77. The van der Waals surface area contributed by atoms with Crippen molar-refractivity contribution in [3.63, 3.8) is 0 Å². The second-order valence-electron chi connectivity index (χ2n) is 6.68. The number of hydrogen-bond acceptors (Lipinski definition) is 5. The Balaban J connectivity index is 1.93. The third kappa shape index (κ3) is 3.88. The minimum atomic E-state index is -0.163. The molecule has 4 rings (SSSR count). The van der Waals surface area contributed by atoms with E-state index in [-0.39, 0.29) is 5.56 Å². The topological polar surface area (TPSA) is 61.9 Å². The van der Waals surface area contributed by atoms with Gasteiger partial charge in [0, 0.05) is 29.6 Å². The van der Waals surface area contributed by atoms with Crippen molar-refractivity contribution in [1.29, 1.82) is 0 Å². The van der Waals surface area contributed by atoms with Crippen LogP contribution in [-0.4, -0.2) is 26.4 Å². The van der Waals surface area contributed by atoms with E-state index in [0.29, 0.717) is 38.3 Å². The Labute approximate surface area is 177 Å². The van der Waals surface area contributed by atoms with Crippen molar-refractivity contribution < 1.29 is 4.74 Å². The van der Waals surface area contributed by atoms with Crippen molar-refractivity contribution in [2.24, 2.45) is 7.05 Å². The SMILES string of the molecule is COc1ccc(C)cc1-n1c(SCc2cnn(C)c2)nc2cc(Cl)ccc2c1=O. The number of nitrogens with zero attached hydrogens (tertiary/aromatic N) is 4. The molecule has 0 aliphatic rings. The summed E-state index contributed by atoms with van der Waals surface area (Å²) in [6.45, 7) is 1.98. The van der Waals surface area contributed by atoms with E-state index >= 15 is 0 Å². The van der Waals surface area contributed by atoms with Crippen LogP contribution in [0.3, 0.4) is 0 Å². The first-order valence-corrected chi connectivity index (χ1v) is 10.3. The van der Waals surface area contributed by atoms with E-state index in [2.05, 4.69) is 5.10 Å². The van der Waals surface area contributed by atoms with Gasteiger partial charge in [-0.15, -0.1) is 0 Å². The molecule has 2 heterocycles. The van der Waals surface area contributed by atoms with Gasteiger partial charge in [-0.25, -0.2) is 4.98 Å². The average Bonchev–Trinajstić information content (AvgIpc) is 3.11. The third-order valence-electron chi connectivity index (χ3n) is 4.50.